The molecule has 0 aliphatic heterocycles. The van der Waals surface area contributed by atoms with E-state index in [2.05, 4.69) is 20.3 Å². The molecule has 0 radical (unpaired) electrons. The molecule has 4 aromatic rings. The van der Waals surface area contributed by atoms with Crippen molar-refractivity contribution in [1.29, 1.82) is 0 Å². The summed E-state index contributed by atoms with van der Waals surface area (Å²) in [6.45, 7) is 4.51. The van der Waals surface area contributed by atoms with Gasteiger partial charge < -0.3 is 19.9 Å². The van der Waals surface area contributed by atoms with Crippen LogP contribution in [-0.4, -0.2) is 70.5 Å². The average molecular weight is 689 g/mol. The van der Waals surface area contributed by atoms with Crippen LogP contribution in [-0.2, 0) is 19.9 Å². The van der Waals surface area contributed by atoms with E-state index in [9.17, 15) is 23.5 Å². The van der Waals surface area contributed by atoms with Crippen molar-refractivity contribution < 1.29 is 37.4 Å². The van der Waals surface area contributed by atoms with Crippen LogP contribution in [0.15, 0.2) is 79.1 Å². The minimum absolute atomic E-state index is 0.0965. The van der Waals surface area contributed by atoms with Gasteiger partial charge >= 0.3 is 11.9 Å². The molecule has 0 unspecified atom stereocenters. The number of rotatable bonds is 13. The highest BCUT2D eigenvalue weighted by atomic mass is 19.3. The second-order valence-electron chi connectivity index (χ2n) is 13.7. The maximum absolute atomic E-state index is 13.1. The topological polar surface area (TPSA) is 124 Å². The molecule has 3 heterocycles. The Morgan fingerprint density at radius 2 is 1.72 bits per heavy atom. The van der Waals surface area contributed by atoms with Crippen molar-refractivity contribution in [3.63, 3.8) is 0 Å². The van der Waals surface area contributed by atoms with Gasteiger partial charge in [0.05, 0.1) is 37.0 Å². The van der Waals surface area contributed by atoms with Crippen LogP contribution < -0.4 is 5.32 Å². The van der Waals surface area contributed by atoms with Crippen LogP contribution in [0.4, 0.5) is 20.4 Å². The number of benzene rings is 1. The Kier molecular flexibility index (Phi) is 11.5. The smallest absolute Gasteiger partial charge is 0.338 e. The van der Waals surface area contributed by atoms with Crippen molar-refractivity contribution in [2.75, 3.05) is 39.3 Å². The molecule has 1 aromatic carbocycles. The Morgan fingerprint density at radius 1 is 0.980 bits per heavy atom. The number of nitrogens with zero attached hydrogens (tertiary/aromatic N) is 4. The number of ether oxygens (including phenoxy) is 2. The number of pyridine rings is 3. The van der Waals surface area contributed by atoms with Gasteiger partial charge in [0.15, 0.2) is 0 Å². The highest BCUT2D eigenvalue weighted by Crippen LogP contribution is 2.41. The first-order valence-electron chi connectivity index (χ1n) is 16.7. The number of nitrogens with one attached hydrogen (secondary N) is 1. The molecule has 0 saturated heterocycles. The molecule has 2 N–H and O–H groups in total. The van der Waals surface area contributed by atoms with Crippen molar-refractivity contribution >= 4 is 23.6 Å². The fourth-order valence-electron chi connectivity index (χ4n) is 6.07. The van der Waals surface area contributed by atoms with Gasteiger partial charge in [0.2, 0.25) is 6.73 Å². The molecule has 12 heteroatoms. The van der Waals surface area contributed by atoms with Gasteiger partial charge in [-0.25, -0.2) is 23.5 Å². The monoisotopic (exact) mass is 688 g/mol. The number of hydrogen-bond acceptors (Lipinski definition) is 9. The highest BCUT2D eigenvalue weighted by molar-refractivity contribution is 5.89. The van der Waals surface area contributed by atoms with Crippen molar-refractivity contribution in [3.05, 3.63) is 102 Å². The lowest BCUT2D eigenvalue weighted by molar-refractivity contribution is -0.907. The minimum atomic E-state index is -2.60. The van der Waals surface area contributed by atoms with Gasteiger partial charge in [-0.1, -0.05) is 18.2 Å². The molecular weight excluding hydrogens is 644 g/mol. The third-order valence-electron chi connectivity index (χ3n) is 9.19. The summed E-state index contributed by atoms with van der Waals surface area (Å²) in [6.07, 6.45) is 2.85. The zero-order valence-corrected chi connectivity index (χ0v) is 28.8. The third kappa shape index (κ3) is 9.45. The normalized spacial score (nSPS) is 17.5. The largest absolute Gasteiger partial charge is 0.456 e. The number of aryl methyl sites for hydroxylation is 1. The van der Waals surface area contributed by atoms with E-state index in [-0.39, 0.29) is 48.5 Å². The van der Waals surface area contributed by atoms with E-state index < -0.39 is 12.0 Å². The second-order valence-corrected chi connectivity index (χ2v) is 13.7. The number of quaternary nitrogens is 1. The number of anilines is 2. The van der Waals surface area contributed by atoms with Crippen LogP contribution >= 0.6 is 0 Å². The molecule has 1 aliphatic rings. The lowest BCUT2D eigenvalue weighted by Gasteiger charge is -2.37. The maximum atomic E-state index is 13.1. The summed E-state index contributed by atoms with van der Waals surface area (Å²) < 4.78 is 37.7. The predicted molar refractivity (Wildman–Crippen MR) is 184 cm³/mol. The van der Waals surface area contributed by atoms with Crippen LogP contribution in [0.2, 0.25) is 0 Å². The molecule has 0 amide bonds. The van der Waals surface area contributed by atoms with E-state index in [0.29, 0.717) is 59.5 Å². The average Bonchev–Trinajstić information content (AvgIpc) is 3.11. The molecule has 0 bridgehead atoms. The van der Waals surface area contributed by atoms with E-state index >= 15 is 0 Å². The zero-order valence-electron chi connectivity index (χ0n) is 28.8. The second kappa shape index (κ2) is 15.8. The predicted octanol–water partition coefficient (Wildman–Crippen LogP) is 6.98. The van der Waals surface area contributed by atoms with E-state index in [1.54, 1.807) is 49.5 Å². The number of aliphatic hydroxyl groups is 1. The third-order valence-corrected chi connectivity index (χ3v) is 9.19. The number of likely N-dealkylation sites (N-methyl/N-ethyl adjacent to an activating group) is 1. The van der Waals surface area contributed by atoms with E-state index in [0.717, 1.165) is 11.1 Å². The van der Waals surface area contributed by atoms with Gasteiger partial charge in [-0.3, -0.25) is 14.3 Å². The fraction of sp³-hybridized carbons (Fsp3) is 0.395. The number of esters is 2. The standard InChI is InChI=1S/C38H44F2N5O5/c1-25-20-31(43-34(21-25)44-33-22-28(35(39)40)16-17-41-33)29-12-15-32(42-23-29)38(2,48)30-13-10-27(11-14-30)37(47)50-24-45(3,4)18-19-49-36(46)26-8-6-5-7-9-26/h5-9,12,15-17,20-23,27,30,35,48H,10-11,13-14,18-19,24H2,1-4H3,(H,41,43,44)/q+1/t27-,30-,38-/m1/s1. The number of carbonyl (C=O) groups excluding carboxylic acids is 2. The molecule has 1 saturated carbocycles. The molecule has 264 valence electrons. The fourth-order valence-corrected chi connectivity index (χ4v) is 6.07. The molecular formula is C38H44F2N5O5+. The molecule has 3 aromatic heterocycles. The Bertz CT molecular complexity index is 1760. The van der Waals surface area contributed by atoms with Crippen LogP contribution in [0.25, 0.3) is 11.3 Å². The first kappa shape index (κ1) is 36.5. The van der Waals surface area contributed by atoms with Gasteiger partial charge in [-0.15, -0.1) is 0 Å². The Labute approximate surface area is 291 Å². The number of alkyl halides is 2. The van der Waals surface area contributed by atoms with Gasteiger partial charge in [-0.2, -0.15) is 0 Å². The van der Waals surface area contributed by atoms with Gasteiger partial charge in [0, 0.05) is 23.5 Å². The molecule has 10 nitrogen and oxygen atoms in total. The van der Waals surface area contributed by atoms with Gasteiger partial charge in [0.1, 0.15) is 30.4 Å². The maximum Gasteiger partial charge on any atom is 0.338 e. The van der Waals surface area contributed by atoms with E-state index in [1.807, 2.05) is 39.2 Å². The number of carbonyl (C=O) groups is 2. The molecule has 1 fully saturated rings. The quantitative estimate of drug-likeness (QED) is 0.0871. The summed E-state index contributed by atoms with van der Waals surface area (Å²) in [5.41, 5.74) is 1.94. The zero-order chi connectivity index (χ0) is 35.9. The van der Waals surface area contributed by atoms with Gasteiger partial charge in [-0.05, 0) is 99.5 Å². The van der Waals surface area contributed by atoms with Crippen molar-refractivity contribution in [2.24, 2.45) is 11.8 Å². The van der Waals surface area contributed by atoms with Crippen LogP contribution in [0.5, 0.6) is 0 Å². The molecule has 50 heavy (non-hydrogen) atoms. The molecule has 0 spiro atoms. The van der Waals surface area contributed by atoms with Crippen molar-refractivity contribution in [1.82, 2.24) is 15.0 Å². The Hall–Kier alpha value is -4.81. The summed E-state index contributed by atoms with van der Waals surface area (Å²) in [6, 6.07) is 18.7. The summed E-state index contributed by atoms with van der Waals surface area (Å²) in [7, 11) is 3.83. The Balaban J connectivity index is 1.12. The first-order chi connectivity index (χ1) is 23.8. The summed E-state index contributed by atoms with van der Waals surface area (Å²) in [5.74, 6) is -0.268. The lowest BCUT2D eigenvalue weighted by Crippen LogP contribution is -2.45. The summed E-state index contributed by atoms with van der Waals surface area (Å²) in [5, 5.41) is 14.6. The number of aromatic nitrogens is 3. The van der Waals surface area contributed by atoms with Crippen LogP contribution in [0.3, 0.4) is 0 Å². The van der Waals surface area contributed by atoms with Crippen molar-refractivity contribution in [2.45, 2.75) is 51.6 Å². The SMILES string of the molecule is Cc1cc(Nc2cc(C(F)F)ccn2)nc(-c2ccc([C@](C)(O)[C@H]3CC[C@H](C(=O)OC[N+](C)(C)CCOC(=O)c4ccccc4)CC3)nc2)c1. The van der Waals surface area contributed by atoms with Crippen LogP contribution in [0.1, 0.15) is 66.2 Å². The number of hydrogen-bond donors (Lipinski definition) is 2. The van der Waals surface area contributed by atoms with Crippen LogP contribution in [0, 0.1) is 18.8 Å². The molecule has 1 aliphatic carbocycles. The van der Waals surface area contributed by atoms with E-state index in [1.165, 1.54) is 18.3 Å². The lowest BCUT2D eigenvalue weighted by atomic mass is 9.73. The summed E-state index contributed by atoms with van der Waals surface area (Å²) in [4.78, 5) is 38.5. The minimum Gasteiger partial charge on any atom is -0.456 e. The summed E-state index contributed by atoms with van der Waals surface area (Å²) >= 11 is 0. The molecule has 5 rings (SSSR count). The first-order valence-corrected chi connectivity index (χ1v) is 16.7. The highest BCUT2D eigenvalue weighted by Gasteiger charge is 2.39. The van der Waals surface area contributed by atoms with E-state index in [4.69, 9.17) is 9.47 Å². The van der Waals surface area contributed by atoms with Gasteiger partial charge in [0.25, 0.3) is 6.43 Å². The Morgan fingerprint density at radius 3 is 2.40 bits per heavy atom. The number of halogens is 2. The van der Waals surface area contributed by atoms with Crippen molar-refractivity contribution in [3.8, 4) is 11.3 Å². The molecule has 1 atom stereocenters.